The predicted molar refractivity (Wildman–Crippen MR) is 74.0 cm³/mol. The van der Waals surface area contributed by atoms with Crippen molar-refractivity contribution in [2.75, 3.05) is 20.8 Å². The van der Waals surface area contributed by atoms with Gasteiger partial charge in [0.25, 0.3) is 5.91 Å². The molecule has 2 rings (SSSR count). The van der Waals surface area contributed by atoms with Gasteiger partial charge in [0.1, 0.15) is 0 Å². The number of ether oxygens (including phenoxy) is 2. The van der Waals surface area contributed by atoms with Gasteiger partial charge in [-0.1, -0.05) is 6.07 Å². The number of carbonyl (C=O) groups excluding carboxylic acids is 1. The molecule has 0 radical (unpaired) electrons. The highest BCUT2D eigenvalue weighted by Crippen LogP contribution is 2.27. The smallest absolute Gasteiger partial charge is 0.250 e. The van der Waals surface area contributed by atoms with E-state index in [2.05, 4.69) is 15.5 Å². The van der Waals surface area contributed by atoms with Crippen LogP contribution in [-0.4, -0.2) is 32.7 Å². The third-order valence-electron chi connectivity index (χ3n) is 2.96. The first-order valence-electron chi connectivity index (χ1n) is 6.30. The molecule has 1 aromatic rings. The van der Waals surface area contributed by atoms with Crippen LogP contribution in [0.25, 0.3) is 0 Å². The summed E-state index contributed by atoms with van der Waals surface area (Å²) in [6.45, 7) is 0.536. The second-order valence-electron chi connectivity index (χ2n) is 4.25. The SMILES string of the molecule is COc1ccc(CCNC(=O)[C@@H]2C=CN=N2)cc1OC. The Labute approximate surface area is 117 Å². The third kappa shape index (κ3) is 3.34. The molecule has 0 saturated carbocycles. The van der Waals surface area contributed by atoms with E-state index in [1.165, 1.54) is 6.20 Å². The van der Waals surface area contributed by atoms with Crippen LogP contribution in [0.1, 0.15) is 5.56 Å². The molecule has 6 nitrogen and oxygen atoms in total. The molecule has 1 N–H and O–H groups in total. The largest absolute Gasteiger partial charge is 0.493 e. The van der Waals surface area contributed by atoms with Gasteiger partial charge in [-0.2, -0.15) is 10.2 Å². The molecule has 1 aliphatic rings. The topological polar surface area (TPSA) is 72.3 Å². The number of amides is 1. The summed E-state index contributed by atoms with van der Waals surface area (Å²) in [7, 11) is 3.20. The molecule has 0 aliphatic carbocycles. The Morgan fingerprint density at radius 2 is 2.10 bits per heavy atom. The van der Waals surface area contributed by atoms with Crippen molar-refractivity contribution < 1.29 is 14.3 Å². The van der Waals surface area contributed by atoms with E-state index in [1.807, 2.05) is 18.2 Å². The molecule has 0 saturated heterocycles. The minimum absolute atomic E-state index is 0.136. The lowest BCUT2D eigenvalue weighted by molar-refractivity contribution is -0.121. The molecule has 6 heteroatoms. The Kier molecular flexibility index (Phi) is 4.70. The van der Waals surface area contributed by atoms with Crippen molar-refractivity contribution in [3.63, 3.8) is 0 Å². The van der Waals surface area contributed by atoms with Crippen molar-refractivity contribution in [3.05, 3.63) is 36.0 Å². The standard InChI is InChI=1S/C14H17N3O3/c1-19-12-4-3-10(9-13(12)20-2)5-7-15-14(18)11-6-8-16-17-11/h3-4,6,8-9,11H,5,7H2,1-2H3,(H,15,18)/t11-/m0/s1. The normalized spacial score (nSPS) is 16.2. The first kappa shape index (κ1) is 14.0. The van der Waals surface area contributed by atoms with Gasteiger partial charge in [-0.3, -0.25) is 4.79 Å². The molecule has 1 aliphatic heterocycles. The van der Waals surface area contributed by atoms with Crippen LogP contribution in [0, 0.1) is 0 Å². The quantitative estimate of drug-likeness (QED) is 0.859. The fourth-order valence-corrected chi connectivity index (χ4v) is 1.88. The van der Waals surface area contributed by atoms with E-state index in [-0.39, 0.29) is 5.91 Å². The number of benzene rings is 1. The van der Waals surface area contributed by atoms with Crippen molar-refractivity contribution in [2.45, 2.75) is 12.5 Å². The van der Waals surface area contributed by atoms with E-state index in [0.29, 0.717) is 24.5 Å². The number of rotatable bonds is 6. The zero-order valence-electron chi connectivity index (χ0n) is 11.5. The van der Waals surface area contributed by atoms with Crippen molar-refractivity contribution >= 4 is 5.91 Å². The van der Waals surface area contributed by atoms with E-state index in [4.69, 9.17) is 9.47 Å². The van der Waals surface area contributed by atoms with Gasteiger partial charge < -0.3 is 14.8 Å². The van der Waals surface area contributed by atoms with E-state index < -0.39 is 6.04 Å². The summed E-state index contributed by atoms with van der Waals surface area (Å²) < 4.78 is 10.4. The molecule has 106 valence electrons. The molecule has 0 aromatic heterocycles. The van der Waals surface area contributed by atoms with Gasteiger partial charge in [-0.15, -0.1) is 0 Å². The lowest BCUT2D eigenvalue weighted by Crippen LogP contribution is -2.33. The number of azo groups is 1. The first-order chi connectivity index (χ1) is 9.74. The minimum atomic E-state index is -0.486. The number of methoxy groups -OCH3 is 2. The molecule has 0 spiro atoms. The second-order valence-corrected chi connectivity index (χ2v) is 4.25. The summed E-state index contributed by atoms with van der Waals surface area (Å²) >= 11 is 0. The maximum Gasteiger partial charge on any atom is 0.250 e. The van der Waals surface area contributed by atoms with Crippen LogP contribution in [0.2, 0.25) is 0 Å². The fourth-order valence-electron chi connectivity index (χ4n) is 1.88. The van der Waals surface area contributed by atoms with Crippen LogP contribution >= 0.6 is 0 Å². The molecular weight excluding hydrogens is 258 g/mol. The van der Waals surface area contributed by atoms with Gasteiger partial charge in [0, 0.05) is 12.7 Å². The zero-order valence-corrected chi connectivity index (χ0v) is 11.5. The van der Waals surface area contributed by atoms with Gasteiger partial charge >= 0.3 is 0 Å². The van der Waals surface area contributed by atoms with E-state index in [1.54, 1.807) is 20.3 Å². The lowest BCUT2D eigenvalue weighted by Gasteiger charge is -2.10. The van der Waals surface area contributed by atoms with Crippen LogP contribution in [0.4, 0.5) is 0 Å². The molecule has 0 fully saturated rings. The molecule has 1 atom stereocenters. The van der Waals surface area contributed by atoms with Crippen LogP contribution in [0.5, 0.6) is 11.5 Å². The van der Waals surface area contributed by atoms with E-state index in [0.717, 1.165) is 5.56 Å². The molecule has 0 unspecified atom stereocenters. The van der Waals surface area contributed by atoms with Crippen LogP contribution in [0.15, 0.2) is 40.7 Å². The summed E-state index contributed by atoms with van der Waals surface area (Å²) in [5.74, 6) is 1.24. The van der Waals surface area contributed by atoms with Crippen molar-refractivity contribution in [1.29, 1.82) is 0 Å². The van der Waals surface area contributed by atoms with Gasteiger partial charge in [-0.25, -0.2) is 0 Å². The summed E-state index contributed by atoms with van der Waals surface area (Å²) in [6, 6.07) is 5.22. The second kappa shape index (κ2) is 6.70. The van der Waals surface area contributed by atoms with Crippen molar-refractivity contribution in [2.24, 2.45) is 10.2 Å². The van der Waals surface area contributed by atoms with Gasteiger partial charge in [0.15, 0.2) is 17.5 Å². The first-order valence-corrected chi connectivity index (χ1v) is 6.30. The summed E-state index contributed by atoms with van der Waals surface area (Å²) in [5, 5.41) is 10.2. The van der Waals surface area contributed by atoms with Gasteiger partial charge in [0.2, 0.25) is 0 Å². The van der Waals surface area contributed by atoms with E-state index >= 15 is 0 Å². The molecule has 1 aromatic carbocycles. The highest BCUT2D eigenvalue weighted by molar-refractivity contribution is 5.84. The third-order valence-corrected chi connectivity index (χ3v) is 2.96. The van der Waals surface area contributed by atoms with E-state index in [9.17, 15) is 4.79 Å². The molecular formula is C14H17N3O3. The monoisotopic (exact) mass is 275 g/mol. The Bertz CT molecular complexity index is 528. The Hall–Kier alpha value is -2.37. The average Bonchev–Trinajstić information content (AvgIpc) is 3.01. The molecule has 1 amide bonds. The maximum absolute atomic E-state index is 11.7. The lowest BCUT2D eigenvalue weighted by atomic mass is 10.1. The highest BCUT2D eigenvalue weighted by atomic mass is 16.5. The van der Waals surface area contributed by atoms with Gasteiger partial charge in [0.05, 0.1) is 14.2 Å². The number of hydrogen-bond acceptors (Lipinski definition) is 5. The Morgan fingerprint density at radius 1 is 1.30 bits per heavy atom. The number of hydrogen-bond donors (Lipinski definition) is 1. The number of nitrogens with zero attached hydrogens (tertiary/aromatic N) is 2. The Morgan fingerprint density at radius 3 is 2.75 bits per heavy atom. The number of carbonyl (C=O) groups is 1. The van der Waals surface area contributed by atoms with Crippen LogP contribution in [-0.2, 0) is 11.2 Å². The molecule has 20 heavy (non-hydrogen) atoms. The van der Waals surface area contributed by atoms with Crippen LogP contribution in [0.3, 0.4) is 0 Å². The maximum atomic E-state index is 11.7. The zero-order chi connectivity index (χ0) is 14.4. The molecule has 0 bridgehead atoms. The summed E-state index contributed by atoms with van der Waals surface area (Å²) in [6.07, 6.45) is 3.89. The highest BCUT2D eigenvalue weighted by Gasteiger charge is 2.16. The molecule has 1 heterocycles. The van der Waals surface area contributed by atoms with Crippen molar-refractivity contribution in [1.82, 2.24) is 5.32 Å². The Balaban J connectivity index is 1.86. The summed E-state index contributed by atoms with van der Waals surface area (Å²) in [4.78, 5) is 11.7. The van der Waals surface area contributed by atoms with Gasteiger partial charge in [-0.05, 0) is 30.2 Å². The fraction of sp³-hybridized carbons (Fsp3) is 0.357. The predicted octanol–water partition coefficient (Wildman–Crippen LogP) is 1.71. The van der Waals surface area contributed by atoms with Crippen molar-refractivity contribution in [3.8, 4) is 11.5 Å². The average molecular weight is 275 g/mol. The van der Waals surface area contributed by atoms with Crippen LogP contribution < -0.4 is 14.8 Å². The summed E-state index contributed by atoms with van der Waals surface area (Å²) in [5.41, 5.74) is 1.06. The minimum Gasteiger partial charge on any atom is -0.493 e. The number of nitrogens with one attached hydrogen (secondary N) is 1.